The second kappa shape index (κ2) is 10.8. The van der Waals surface area contributed by atoms with Gasteiger partial charge in [-0.3, -0.25) is 4.79 Å². The van der Waals surface area contributed by atoms with Crippen molar-refractivity contribution in [2.24, 2.45) is 5.14 Å². The van der Waals surface area contributed by atoms with Crippen molar-refractivity contribution < 1.29 is 22.7 Å². The fourth-order valence-electron chi connectivity index (χ4n) is 3.80. The maximum absolute atomic E-state index is 13.1. The molecule has 0 aliphatic carbocycles. The highest BCUT2D eigenvalue weighted by Gasteiger charge is 2.25. The van der Waals surface area contributed by atoms with E-state index in [2.05, 4.69) is 5.32 Å². The molecular formula is C24H33ClN2O5S. The number of carbonyl (C=O) groups is 1. The van der Waals surface area contributed by atoms with Crippen LogP contribution in [0.2, 0.25) is 5.02 Å². The first-order chi connectivity index (χ1) is 15.3. The maximum atomic E-state index is 13.1. The highest BCUT2D eigenvalue weighted by molar-refractivity contribution is 7.89. The molecule has 1 amide bonds. The Kier molecular flexibility index (Phi) is 8.79. The molecule has 33 heavy (non-hydrogen) atoms. The smallest absolute Gasteiger partial charge is 0.238 e. The highest BCUT2D eigenvalue weighted by atomic mass is 35.5. The van der Waals surface area contributed by atoms with E-state index in [1.165, 1.54) is 19.2 Å². The number of nitrogens with two attached hydrogens (primary N) is 1. The molecule has 0 spiro atoms. The molecule has 182 valence electrons. The van der Waals surface area contributed by atoms with Gasteiger partial charge >= 0.3 is 0 Å². The molecule has 0 fully saturated rings. The van der Waals surface area contributed by atoms with Gasteiger partial charge in [0.1, 0.15) is 11.5 Å². The Labute approximate surface area is 201 Å². The molecular weight excluding hydrogens is 464 g/mol. The monoisotopic (exact) mass is 496 g/mol. The van der Waals surface area contributed by atoms with Crippen LogP contribution >= 0.6 is 11.6 Å². The van der Waals surface area contributed by atoms with Crippen molar-refractivity contribution in [2.45, 2.75) is 63.2 Å². The summed E-state index contributed by atoms with van der Waals surface area (Å²) in [6, 6.07) is 8.04. The molecule has 0 heterocycles. The number of primary sulfonamides is 1. The van der Waals surface area contributed by atoms with Gasteiger partial charge in [-0.2, -0.15) is 0 Å². The van der Waals surface area contributed by atoms with E-state index < -0.39 is 10.0 Å². The highest BCUT2D eigenvalue weighted by Crippen LogP contribution is 2.40. The predicted molar refractivity (Wildman–Crippen MR) is 132 cm³/mol. The molecule has 0 radical (unpaired) electrons. The van der Waals surface area contributed by atoms with Gasteiger partial charge in [-0.15, -0.1) is 0 Å². The maximum Gasteiger partial charge on any atom is 0.238 e. The van der Waals surface area contributed by atoms with Crippen LogP contribution in [0.5, 0.6) is 11.5 Å². The predicted octanol–water partition coefficient (Wildman–Crippen LogP) is 5.21. The lowest BCUT2D eigenvalue weighted by molar-refractivity contribution is -0.116. The minimum atomic E-state index is -3.91. The molecule has 0 saturated heterocycles. The third-order valence-electron chi connectivity index (χ3n) is 5.41. The number of rotatable bonds is 9. The van der Waals surface area contributed by atoms with E-state index in [0.29, 0.717) is 22.2 Å². The summed E-state index contributed by atoms with van der Waals surface area (Å²) in [6.45, 7) is 7.99. The number of anilines is 1. The summed E-state index contributed by atoms with van der Waals surface area (Å²) in [5.74, 6) is 0.674. The van der Waals surface area contributed by atoms with E-state index in [1.54, 1.807) is 25.3 Å². The number of amides is 1. The number of sulfonamides is 1. The van der Waals surface area contributed by atoms with Crippen LogP contribution < -0.4 is 19.9 Å². The number of halogens is 1. The molecule has 0 bridgehead atoms. The van der Waals surface area contributed by atoms with E-state index in [0.717, 1.165) is 24.0 Å². The first-order valence-corrected chi connectivity index (χ1v) is 12.6. The third kappa shape index (κ3) is 6.85. The fraction of sp³-hybridized carbons (Fsp3) is 0.458. The van der Waals surface area contributed by atoms with Crippen molar-refractivity contribution in [1.82, 2.24) is 0 Å². The van der Waals surface area contributed by atoms with Crippen LogP contribution in [-0.4, -0.2) is 28.5 Å². The Morgan fingerprint density at radius 3 is 2.27 bits per heavy atom. The lowest BCUT2D eigenvalue weighted by Crippen LogP contribution is -2.22. The number of benzene rings is 2. The Morgan fingerprint density at radius 2 is 1.76 bits per heavy atom. The van der Waals surface area contributed by atoms with Gasteiger partial charge in [-0.25, -0.2) is 13.6 Å². The second-order valence-electron chi connectivity index (χ2n) is 8.97. The largest absolute Gasteiger partial charge is 0.496 e. The number of hydrogen-bond donors (Lipinski definition) is 2. The van der Waals surface area contributed by atoms with Crippen molar-refractivity contribution in [1.29, 1.82) is 0 Å². The third-order valence-corrected chi connectivity index (χ3v) is 6.62. The van der Waals surface area contributed by atoms with Crippen LogP contribution in [0, 0.1) is 0 Å². The van der Waals surface area contributed by atoms with E-state index in [4.69, 9.17) is 26.2 Å². The normalized spacial score (nSPS) is 12.8. The first kappa shape index (κ1) is 27.0. The summed E-state index contributed by atoms with van der Waals surface area (Å²) in [4.78, 5) is 13.1. The van der Waals surface area contributed by atoms with E-state index in [9.17, 15) is 13.2 Å². The standard InChI is InChI=1S/C24H33ClN2O5S/c1-7-8-15(17-13-19(25)22(32-6)14-21(17)31-5)11-23(28)27-20-12-16(33(26,29)30)9-10-18(20)24(2,3)4/h9-10,12-15H,7-8,11H2,1-6H3,(H,27,28)(H2,26,29,30). The topological polar surface area (TPSA) is 108 Å². The molecule has 0 saturated carbocycles. The van der Waals surface area contributed by atoms with Gasteiger partial charge in [0.2, 0.25) is 15.9 Å². The van der Waals surface area contributed by atoms with Crippen molar-refractivity contribution >= 4 is 33.2 Å². The van der Waals surface area contributed by atoms with E-state index >= 15 is 0 Å². The zero-order valence-corrected chi connectivity index (χ0v) is 21.6. The molecule has 2 rings (SSSR count). The van der Waals surface area contributed by atoms with Gasteiger partial charge in [0.05, 0.1) is 24.1 Å². The number of nitrogens with one attached hydrogen (secondary N) is 1. The lowest BCUT2D eigenvalue weighted by atomic mass is 9.85. The van der Waals surface area contributed by atoms with Gasteiger partial charge in [0, 0.05) is 18.2 Å². The molecule has 0 aliphatic heterocycles. The van der Waals surface area contributed by atoms with Crippen molar-refractivity contribution in [2.75, 3.05) is 19.5 Å². The number of ether oxygens (including phenoxy) is 2. The quantitative estimate of drug-likeness (QED) is 0.495. The summed E-state index contributed by atoms with van der Waals surface area (Å²) in [5, 5.41) is 8.65. The Bertz CT molecular complexity index is 1110. The SMILES string of the molecule is CCCC(CC(=O)Nc1cc(S(N)(=O)=O)ccc1C(C)(C)C)c1cc(Cl)c(OC)cc1OC. The van der Waals surface area contributed by atoms with Crippen LogP contribution in [0.3, 0.4) is 0 Å². The fourth-order valence-corrected chi connectivity index (χ4v) is 4.59. The summed E-state index contributed by atoms with van der Waals surface area (Å²) >= 11 is 6.35. The Balaban J connectivity index is 2.41. The van der Waals surface area contributed by atoms with Gasteiger partial charge < -0.3 is 14.8 Å². The summed E-state index contributed by atoms with van der Waals surface area (Å²) in [7, 11) is -0.826. The summed E-state index contributed by atoms with van der Waals surface area (Å²) in [5.41, 5.74) is 1.72. The molecule has 9 heteroatoms. The molecule has 7 nitrogen and oxygen atoms in total. The van der Waals surface area contributed by atoms with Crippen LogP contribution in [0.25, 0.3) is 0 Å². The van der Waals surface area contributed by atoms with Crippen molar-refractivity contribution in [3.8, 4) is 11.5 Å². The Hall–Kier alpha value is -2.29. The van der Waals surface area contributed by atoms with Crippen LogP contribution in [-0.2, 0) is 20.2 Å². The Morgan fingerprint density at radius 1 is 1.12 bits per heavy atom. The van der Waals surface area contributed by atoms with Crippen molar-refractivity contribution in [3.63, 3.8) is 0 Å². The number of methoxy groups -OCH3 is 2. The number of carbonyl (C=O) groups excluding carboxylic acids is 1. The molecule has 0 aliphatic rings. The molecule has 1 atom stereocenters. The van der Waals surface area contributed by atoms with Gasteiger partial charge in [0.15, 0.2) is 0 Å². The first-order valence-electron chi connectivity index (χ1n) is 10.7. The average molecular weight is 497 g/mol. The summed E-state index contributed by atoms with van der Waals surface area (Å²) < 4.78 is 34.5. The molecule has 2 aromatic carbocycles. The van der Waals surface area contributed by atoms with Gasteiger partial charge in [0.25, 0.3) is 0 Å². The average Bonchev–Trinajstić information content (AvgIpc) is 2.71. The zero-order chi connectivity index (χ0) is 25.0. The minimum absolute atomic E-state index is 0.0560. The van der Waals surface area contributed by atoms with Gasteiger partial charge in [-0.1, -0.05) is 51.8 Å². The molecule has 3 N–H and O–H groups in total. The molecule has 0 aromatic heterocycles. The summed E-state index contributed by atoms with van der Waals surface area (Å²) in [6.07, 6.45) is 1.74. The second-order valence-corrected chi connectivity index (χ2v) is 10.9. The van der Waals surface area contributed by atoms with Gasteiger partial charge in [-0.05, 0) is 47.1 Å². The van der Waals surface area contributed by atoms with E-state index in [1.807, 2.05) is 27.7 Å². The number of hydrogen-bond acceptors (Lipinski definition) is 5. The van der Waals surface area contributed by atoms with Crippen LogP contribution in [0.15, 0.2) is 35.2 Å². The van der Waals surface area contributed by atoms with Crippen molar-refractivity contribution in [3.05, 3.63) is 46.5 Å². The molecule has 1 unspecified atom stereocenters. The van der Waals surface area contributed by atoms with Crippen LogP contribution in [0.4, 0.5) is 5.69 Å². The minimum Gasteiger partial charge on any atom is -0.496 e. The molecule has 2 aromatic rings. The zero-order valence-electron chi connectivity index (χ0n) is 20.0. The lowest BCUT2D eigenvalue weighted by Gasteiger charge is -2.25. The van der Waals surface area contributed by atoms with Crippen LogP contribution in [0.1, 0.15) is 64.0 Å². The van der Waals surface area contributed by atoms with E-state index in [-0.39, 0.29) is 28.6 Å².